The van der Waals surface area contributed by atoms with E-state index in [1.165, 1.54) is 4.63 Å². The second kappa shape index (κ2) is 7.97. The van der Waals surface area contributed by atoms with Crippen LogP contribution in [0.3, 0.4) is 0 Å². The summed E-state index contributed by atoms with van der Waals surface area (Å²) in [6.45, 7) is 1.50. The van der Waals surface area contributed by atoms with Crippen LogP contribution in [0.25, 0.3) is 28.1 Å². The molecule has 10 nitrogen and oxygen atoms in total. The Morgan fingerprint density at radius 3 is 2.79 bits per heavy atom. The van der Waals surface area contributed by atoms with Crippen molar-refractivity contribution in [1.82, 2.24) is 35.2 Å². The molecule has 1 saturated heterocycles. The number of H-pyrrole nitrogens is 1. The Morgan fingerprint density at radius 1 is 1.03 bits per heavy atom. The van der Waals surface area contributed by atoms with Crippen molar-refractivity contribution in [2.45, 2.75) is 12.8 Å². The Balaban J connectivity index is 1.11. The van der Waals surface area contributed by atoms with E-state index in [-0.39, 0.29) is 11.8 Å². The van der Waals surface area contributed by atoms with Crippen molar-refractivity contribution in [2.24, 2.45) is 5.92 Å². The summed E-state index contributed by atoms with van der Waals surface area (Å²) in [4.78, 5) is 23.1. The molecule has 0 saturated carbocycles. The molecular weight excluding hydrogens is 418 g/mol. The van der Waals surface area contributed by atoms with Crippen LogP contribution >= 0.6 is 0 Å². The third kappa shape index (κ3) is 3.75. The predicted molar refractivity (Wildman–Crippen MR) is 124 cm³/mol. The number of piperidine rings is 1. The van der Waals surface area contributed by atoms with Gasteiger partial charge < -0.3 is 15.2 Å². The molecule has 1 fully saturated rings. The Hall–Kier alpha value is -4.34. The molecule has 4 heterocycles. The lowest BCUT2D eigenvalue weighted by atomic mass is 9.95. The first kappa shape index (κ1) is 19.4. The first-order valence-corrected chi connectivity index (χ1v) is 10.9. The van der Waals surface area contributed by atoms with Gasteiger partial charge in [0.25, 0.3) is 0 Å². The van der Waals surface area contributed by atoms with E-state index in [0.717, 1.165) is 59.9 Å². The quantitative estimate of drug-likeness (QED) is 0.442. The molecule has 2 aromatic carbocycles. The number of carbonyl (C=O) groups is 1. The molecule has 0 bridgehead atoms. The van der Waals surface area contributed by atoms with E-state index in [9.17, 15) is 4.79 Å². The molecule has 2 N–H and O–H groups in total. The summed E-state index contributed by atoms with van der Waals surface area (Å²) in [5.74, 6) is 1.59. The molecule has 0 unspecified atom stereocenters. The van der Waals surface area contributed by atoms with Crippen LogP contribution in [0.1, 0.15) is 12.8 Å². The summed E-state index contributed by atoms with van der Waals surface area (Å²) in [6, 6.07) is 19.5. The standard InChI is InChI=1S/C23H21N9O/c33-23(15-10-12-31(13-11-15)21-9-8-20-27-29-30-32(20)28-21)24-17-5-3-4-16(14-17)22-25-18-6-1-2-7-19(18)26-22/h1-9,14-15H,10-13H2,(H,24,33)(H,25,26). The minimum atomic E-state index is -0.0483. The van der Waals surface area contributed by atoms with Crippen LogP contribution in [-0.2, 0) is 4.79 Å². The van der Waals surface area contributed by atoms with Crippen molar-refractivity contribution in [3.63, 3.8) is 0 Å². The normalized spacial score (nSPS) is 14.7. The van der Waals surface area contributed by atoms with E-state index in [4.69, 9.17) is 0 Å². The zero-order chi connectivity index (χ0) is 22.2. The van der Waals surface area contributed by atoms with Gasteiger partial charge in [-0.05, 0) is 59.7 Å². The van der Waals surface area contributed by atoms with Gasteiger partial charge >= 0.3 is 0 Å². The fourth-order valence-electron chi connectivity index (χ4n) is 4.26. The summed E-state index contributed by atoms with van der Waals surface area (Å²) in [6.07, 6.45) is 1.51. The second-order valence-electron chi connectivity index (χ2n) is 8.15. The number of para-hydroxylation sites is 2. The van der Waals surface area contributed by atoms with Gasteiger partial charge in [0, 0.05) is 30.3 Å². The average Bonchev–Trinajstić information content (AvgIpc) is 3.51. The zero-order valence-corrected chi connectivity index (χ0v) is 17.7. The highest BCUT2D eigenvalue weighted by Gasteiger charge is 2.26. The molecule has 0 atom stereocenters. The first-order valence-electron chi connectivity index (χ1n) is 10.9. The van der Waals surface area contributed by atoms with E-state index >= 15 is 0 Å². The molecule has 164 valence electrons. The number of amides is 1. The van der Waals surface area contributed by atoms with Gasteiger partial charge in [-0.3, -0.25) is 4.79 Å². The Labute approximate surface area is 188 Å². The number of hydrogen-bond acceptors (Lipinski definition) is 7. The lowest BCUT2D eigenvalue weighted by Gasteiger charge is -2.31. The lowest BCUT2D eigenvalue weighted by Crippen LogP contribution is -2.38. The Kier molecular flexibility index (Phi) is 4.68. The van der Waals surface area contributed by atoms with Crippen molar-refractivity contribution in [3.05, 3.63) is 60.7 Å². The SMILES string of the molecule is O=C(Nc1cccc(-c2nc3ccccc3[nH]2)c1)C1CCN(c2ccc3nnnn3n2)CC1. The molecule has 5 aromatic rings. The fourth-order valence-corrected chi connectivity index (χ4v) is 4.26. The molecule has 10 heteroatoms. The number of fused-ring (bicyclic) bond motifs is 2. The molecule has 0 radical (unpaired) electrons. The Morgan fingerprint density at radius 2 is 1.91 bits per heavy atom. The van der Waals surface area contributed by atoms with E-state index in [1.54, 1.807) is 0 Å². The highest BCUT2D eigenvalue weighted by molar-refractivity contribution is 5.93. The number of nitrogens with zero attached hydrogens (tertiary/aromatic N) is 7. The third-order valence-corrected chi connectivity index (χ3v) is 6.04. The van der Waals surface area contributed by atoms with Gasteiger partial charge in [0.1, 0.15) is 5.82 Å². The average molecular weight is 439 g/mol. The summed E-state index contributed by atoms with van der Waals surface area (Å²) >= 11 is 0. The number of carbonyl (C=O) groups excluding carboxylic acids is 1. The first-order chi connectivity index (χ1) is 16.2. The molecular formula is C23H21N9O. The number of tetrazole rings is 1. The second-order valence-corrected chi connectivity index (χ2v) is 8.15. The van der Waals surface area contributed by atoms with Crippen molar-refractivity contribution in [3.8, 4) is 11.4 Å². The molecule has 6 rings (SSSR count). The van der Waals surface area contributed by atoms with E-state index in [2.05, 4.69) is 40.8 Å². The predicted octanol–water partition coefficient (Wildman–Crippen LogP) is 2.92. The van der Waals surface area contributed by atoms with Crippen LogP contribution in [0.4, 0.5) is 11.5 Å². The minimum absolute atomic E-state index is 0.0419. The van der Waals surface area contributed by atoms with Crippen LogP contribution in [0, 0.1) is 5.92 Å². The molecule has 1 aliphatic heterocycles. The van der Waals surface area contributed by atoms with Crippen LogP contribution in [0.15, 0.2) is 60.7 Å². The third-order valence-electron chi connectivity index (χ3n) is 6.04. The maximum absolute atomic E-state index is 12.9. The van der Waals surface area contributed by atoms with Gasteiger partial charge in [0.05, 0.1) is 11.0 Å². The van der Waals surface area contributed by atoms with E-state index < -0.39 is 0 Å². The number of rotatable bonds is 4. The lowest BCUT2D eigenvalue weighted by molar-refractivity contribution is -0.120. The summed E-state index contributed by atoms with van der Waals surface area (Å²) in [7, 11) is 0. The number of aromatic nitrogens is 7. The number of anilines is 2. The molecule has 0 aliphatic carbocycles. The van der Waals surface area contributed by atoms with E-state index in [1.807, 2.05) is 60.7 Å². The number of nitrogens with one attached hydrogen (secondary N) is 2. The van der Waals surface area contributed by atoms with Crippen LogP contribution in [-0.4, -0.2) is 54.2 Å². The van der Waals surface area contributed by atoms with Crippen LogP contribution < -0.4 is 10.2 Å². The van der Waals surface area contributed by atoms with Gasteiger partial charge in [-0.1, -0.05) is 24.3 Å². The summed E-state index contributed by atoms with van der Waals surface area (Å²) in [5, 5.41) is 18.9. The van der Waals surface area contributed by atoms with Gasteiger partial charge in [-0.15, -0.1) is 14.8 Å². The van der Waals surface area contributed by atoms with Crippen molar-refractivity contribution >= 4 is 34.1 Å². The van der Waals surface area contributed by atoms with Crippen molar-refractivity contribution < 1.29 is 4.79 Å². The molecule has 1 amide bonds. The van der Waals surface area contributed by atoms with Gasteiger partial charge in [-0.25, -0.2) is 4.98 Å². The zero-order valence-electron chi connectivity index (χ0n) is 17.7. The number of imidazole rings is 1. The van der Waals surface area contributed by atoms with Crippen LogP contribution in [0.2, 0.25) is 0 Å². The number of benzene rings is 2. The minimum Gasteiger partial charge on any atom is -0.355 e. The summed E-state index contributed by atoms with van der Waals surface area (Å²) < 4.78 is 1.42. The van der Waals surface area contributed by atoms with Crippen molar-refractivity contribution in [1.29, 1.82) is 0 Å². The fraction of sp³-hybridized carbons (Fsp3) is 0.217. The topological polar surface area (TPSA) is 117 Å². The molecule has 0 spiro atoms. The number of aromatic amines is 1. The van der Waals surface area contributed by atoms with Gasteiger partial charge in [0.15, 0.2) is 11.5 Å². The molecule has 3 aromatic heterocycles. The van der Waals surface area contributed by atoms with Gasteiger partial charge in [0.2, 0.25) is 5.91 Å². The maximum Gasteiger partial charge on any atom is 0.227 e. The van der Waals surface area contributed by atoms with E-state index in [0.29, 0.717) is 5.65 Å². The Bertz CT molecular complexity index is 1420. The highest BCUT2D eigenvalue weighted by atomic mass is 16.1. The van der Waals surface area contributed by atoms with Crippen LogP contribution in [0.5, 0.6) is 0 Å². The highest BCUT2D eigenvalue weighted by Crippen LogP contribution is 2.26. The molecule has 1 aliphatic rings. The molecule has 33 heavy (non-hydrogen) atoms. The smallest absolute Gasteiger partial charge is 0.227 e. The largest absolute Gasteiger partial charge is 0.355 e. The van der Waals surface area contributed by atoms with Gasteiger partial charge in [-0.2, -0.15) is 0 Å². The maximum atomic E-state index is 12.9. The monoisotopic (exact) mass is 439 g/mol. The summed E-state index contributed by atoms with van der Waals surface area (Å²) in [5.41, 5.74) is 4.22. The number of hydrogen-bond donors (Lipinski definition) is 2. The van der Waals surface area contributed by atoms with Crippen molar-refractivity contribution in [2.75, 3.05) is 23.3 Å².